The van der Waals surface area contributed by atoms with Gasteiger partial charge in [-0.15, -0.1) is 12.4 Å². The molecule has 1 aliphatic rings. The lowest BCUT2D eigenvalue weighted by atomic mass is 9.87. The monoisotopic (exact) mass is 378 g/mol. The van der Waals surface area contributed by atoms with E-state index in [1.807, 2.05) is 14.1 Å². The highest BCUT2D eigenvalue weighted by Gasteiger charge is 2.22. The number of hydrogen-bond acceptors (Lipinski definition) is 4. The van der Waals surface area contributed by atoms with Crippen molar-refractivity contribution < 1.29 is 9.63 Å². The van der Waals surface area contributed by atoms with Gasteiger partial charge in [-0.1, -0.05) is 34.8 Å². The zero-order chi connectivity index (χ0) is 16.1. The Kier molecular flexibility index (Phi) is 8.34. The fourth-order valence-electron chi connectivity index (χ4n) is 2.60. The normalized spacial score (nSPS) is 19.5. The Hall–Kier alpha value is -0.810. The number of oxime groups is 1. The van der Waals surface area contributed by atoms with E-state index in [1.165, 1.54) is 12.5 Å². The van der Waals surface area contributed by atoms with Gasteiger partial charge in [0.25, 0.3) is 0 Å². The lowest BCUT2D eigenvalue weighted by Gasteiger charge is -2.25. The SMILES string of the molecule is CN(C)CC1CCCC/C1=N\OC(=O)c1ccc(Cl)c(Cl)c1.Cl. The Bertz CT molecular complexity index is 576. The molecule has 1 aliphatic carbocycles. The van der Waals surface area contributed by atoms with E-state index in [4.69, 9.17) is 28.0 Å². The maximum Gasteiger partial charge on any atom is 0.365 e. The second kappa shape index (κ2) is 9.48. The predicted molar refractivity (Wildman–Crippen MR) is 97.1 cm³/mol. The van der Waals surface area contributed by atoms with Gasteiger partial charge in [0.05, 0.1) is 21.3 Å². The third-order valence-corrected chi connectivity index (χ3v) is 4.43. The molecule has 7 heteroatoms. The summed E-state index contributed by atoms with van der Waals surface area (Å²) in [6.45, 7) is 0.920. The van der Waals surface area contributed by atoms with Crippen LogP contribution in [0.3, 0.4) is 0 Å². The zero-order valence-electron chi connectivity index (χ0n) is 13.2. The van der Waals surface area contributed by atoms with E-state index in [0.717, 1.165) is 31.5 Å². The van der Waals surface area contributed by atoms with Crippen LogP contribution in [-0.4, -0.2) is 37.2 Å². The maximum absolute atomic E-state index is 12.0. The van der Waals surface area contributed by atoms with Crippen molar-refractivity contribution in [2.75, 3.05) is 20.6 Å². The van der Waals surface area contributed by atoms with Crippen LogP contribution in [-0.2, 0) is 4.84 Å². The summed E-state index contributed by atoms with van der Waals surface area (Å²) in [6.07, 6.45) is 4.25. The molecule has 1 aromatic rings. The van der Waals surface area contributed by atoms with Gasteiger partial charge in [0.15, 0.2) is 0 Å². The molecule has 0 aromatic heterocycles. The number of nitrogens with zero attached hydrogens (tertiary/aromatic N) is 2. The zero-order valence-corrected chi connectivity index (χ0v) is 15.5. The summed E-state index contributed by atoms with van der Waals surface area (Å²) >= 11 is 11.7. The topological polar surface area (TPSA) is 41.9 Å². The highest BCUT2D eigenvalue weighted by Crippen LogP contribution is 2.24. The summed E-state index contributed by atoms with van der Waals surface area (Å²) in [7, 11) is 4.07. The molecule has 0 aliphatic heterocycles. The first-order chi connectivity index (χ1) is 10.5. The Morgan fingerprint density at radius 1 is 1.30 bits per heavy atom. The van der Waals surface area contributed by atoms with Crippen molar-refractivity contribution in [3.05, 3.63) is 33.8 Å². The molecule has 0 N–H and O–H groups in total. The number of rotatable bonds is 4. The molecule has 0 spiro atoms. The van der Waals surface area contributed by atoms with Crippen LogP contribution in [0.4, 0.5) is 0 Å². The van der Waals surface area contributed by atoms with E-state index in [9.17, 15) is 4.79 Å². The Morgan fingerprint density at radius 2 is 2.04 bits per heavy atom. The van der Waals surface area contributed by atoms with Gasteiger partial charge in [-0.25, -0.2) is 4.79 Å². The van der Waals surface area contributed by atoms with Crippen molar-refractivity contribution in [2.24, 2.45) is 11.1 Å². The standard InChI is InChI=1S/C16H20Cl2N2O2.ClH/c1-20(2)10-12-5-3-4-6-15(12)19-22-16(21)11-7-8-13(17)14(18)9-11;/h7-9,12H,3-6,10H2,1-2H3;1H/b19-15+;. The third-order valence-electron chi connectivity index (χ3n) is 3.69. The van der Waals surface area contributed by atoms with E-state index in [0.29, 0.717) is 21.5 Å². The number of carbonyl (C=O) groups excluding carboxylic acids is 1. The molecule has 23 heavy (non-hydrogen) atoms. The average Bonchev–Trinajstić information content (AvgIpc) is 2.48. The van der Waals surface area contributed by atoms with Crippen molar-refractivity contribution in [1.82, 2.24) is 4.90 Å². The first-order valence-corrected chi connectivity index (χ1v) is 8.11. The van der Waals surface area contributed by atoms with Crippen LogP contribution in [0.2, 0.25) is 10.0 Å². The minimum absolute atomic E-state index is 0. The second-order valence-electron chi connectivity index (χ2n) is 5.80. The van der Waals surface area contributed by atoms with Gasteiger partial charge in [-0.2, -0.15) is 0 Å². The van der Waals surface area contributed by atoms with Crippen LogP contribution in [0.1, 0.15) is 36.0 Å². The van der Waals surface area contributed by atoms with Crippen molar-refractivity contribution in [3.63, 3.8) is 0 Å². The van der Waals surface area contributed by atoms with Gasteiger partial charge in [0.1, 0.15) is 0 Å². The van der Waals surface area contributed by atoms with Crippen LogP contribution in [0, 0.1) is 5.92 Å². The molecule has 1 aromatic carbocycles. The van der Waals surface area contributed by atoms with E-state index >= 15 is 0 Å². The summed E-state index contributed by atoms with van der Waals surface area (Å²) in [4.78, 5) is 19.3. The first kappa shape index (κ1) is 20.2. The van der Waals surface area contributed by atoms with Crippen molar-refractivity contribution >= 4 is 47.3 Å². The van der Waals surface area contributed by atoms with E-state index in [1.54, 1.807) is 12.1 Å². The molecule has 0 radical (unpaired) electrons. The lowest BCUT2D eigenvalue weighted by molar-refractivity contribution is 0.0511. The summed E-state index contributed by atoms with van der Waals surface area (Å²) in [6, 6.07) is 4.64. The number of halogens is 3. The largest absolute Gasteiger partial charge is 0.365 e. The summed E-state index contributed by atoms with van der Waals surface area (Å²) in [5.41, 5.74) is 1.31. The van der Waals surface area contributed by atoms with Gasteiger partial charge in [0, 0.05) is 12.5 Å². The minimum Gasteiger partial charge on any atom is -0.313 e. The molecule has 0 saturated heterocycles. The molecule has 4 nitrogen and oxygen atoms in total. The van der Waals surface area contributed by atoms with Gasteiger partial charge in [-0.05, 0) is 51.6 Å². The molecule has 0 heterocycles. The van der Waals surface area contributed by atoms with Gasteiger partial charge < -0.3 is 9.74 Å². The molecule has 2 rings (SSSR count). The fraction of sp³-hybridized carbons (Fsp3) is 0.500. The number of hydrogen-bond donors (Lipinski definition) is 0. The highest BCUT2D eigenvalue weighted by molar-refractivity contribution is 6.42. The molecule has 1 fully saturated rings. The van der Waals surface area contributed by atoms with Crippen LogP contribution in [0.15, 0.2) is 23.4 Å². The van der Waals surface area contributed by atoms with E-state index in [2.05, 4.69) is 10.1 Å². The summed E-state index contributed by atoms with van der Waals surface area (Å²) < 4.78 is 0. The minimum atomic E-state index is -0.514. The lowest BCUT2D eigenvalue weighted by Crippen LogP contribution is -2.30. The molecule has 1 unspecified atom stereocenters. The molecule has 0 bridgehead atoms. The summed E-state index contributed by atoms with van der Waals surface area (Å²) in [5.74, 6) is -0.161. The molecule has 1 saturated carbocycles. The van der Waals surface area contributed by atoms with Crippen molar-refractivity contribution in [2.45, 2.75) is 25.7 Å². The van der Waals surface area contributed by atoms with E-state index in [-0.39, 0.29) is 12.4 Å². The van der Waals surface area contributed by atoms with Crippen molar-refractivity contribution in [1.29, 1.82) is 0 Å². The maximum atomic E-state index is 12.0. The third kappa shape index (κ3) is 5.96. The highest BCUT2D eigenvalue weighted by atomic mass is 35.5. The Morgan fingerprint density at radius 3 is 2.70 bits per heavy atom. The predicted octanol–water partition coefficient (Wildman–Crippen LogP) is 4.68. The molecular weight excluding hydrogens is 359 g/mol. The quantitative estimate of drug-likeness (QED) is 0.563. The number of benzene rings is 1. The average molecular weight is 380 g/mol. The van der Waals surface area contributed by atoms with Gasteiger partial charge >= 0.3 is 5.97 Å². The van der Waals surface area contributed by atoms with Crippen molar-refractivity contribution in [3.8, 4) is 0 Å². The number of carbonyl (C=O) groups is 1. The van der Waals surface area contributed by atoms with Crippen LogP contribution in [0.5, 0.6) is 0 Å². The Balaban J connectivity index is 0.00000264. The molecule has 1 atom stereocenters. The van der Waals surface area contributed by atoms with Crippen LogP contribution in [0.25, 0.3) is 0 Å². The van der Waals surface area contributed by atoms with Gasteiger partial charge in [-0.3, -0.25) is 0 Å². The fourth-order valence-corrected chi connectivity index (χ4v) is 2.90. The smallest absolute Gasteiger partial charge is 0.313 e. The Labute approximate surface area is 153 Å². The summed E-state index contributed by atoms with van der Waals surface area (Å²) in [5, 5.41) is 4.84. The molecule has 128 valence electrons. The van der Waals surface area contributed by atoms with Gasteiger partial charge in [0.2, 0.25) is 0 Å². The second-order valence-corrected chi connectivity index (χ2v) is 6.61. The molecule has 0 amide bonds. The van der Waals surface area contributed by atoms with Crippen LogP contribution < -0.4 is 0 Å². The van der Waals surface area contributed by atoms with Crippen LogP contribution >= 0.6 is 35.6 Å². The molecular formula is C16H21Cl3N2O2. The van der Waals surface area contributed by atoms with E-state index < -0.39 is 5.97 Å². The first-order valence-electron chi connectivity index (χ1n) is 7.35.